The molecule has 9 heteroatoms. The fourth-order valence-electron chi connectivity index (χ4n) is 2.35. The molecular weight excluding hydrogens is 364 g/mol. The van der Waals surface area contributed by atoms with E-state index in [0.717, 1.165) is 5.56 Å². The quantitative estimate of drug-likeness (QED) is 0.385. The minimum absolute atomic E-state index is 0.0926. The van der Waals surface area contributed by atoms with E-state index < -0.39 is 30.1 Å². The molecule has 0 aliphatic rings. The van der Waals surface area contributed by atoms with Crippen LogP contribution in [0.1, 0.15) is 37.7 Å². The van der Waals surface area contributed by atoms with Crippen molar-refractivity contribution in [3.63, 3.8) is 0 Å². The number of rotatable bonds is 12. The third-order valence-electron chi connectivity index (χ3n) is 3.83. The van der Waals surface area contributed by atoms with E-state index in [1.165, 1.54) is 0 Å². The van der Waals surface area contributed by atoms with E-state index in [4.69, 9.17) is 15.7 Å². The molecule has 0 bridgehead atoms. The first-order valence-corrected chi connectivity index (χ1v) is 9.00. The van der Waals surface area contributed by atoms with Gasteiger partial charge in [0.2, 0.25) is 11.8 Å². The molecule has 0 saturated carbocycles. The number of hydrogen-bond donors (Lipinski definition) is 4. The van der Waals surface area contributed by atoms with Gasteiger partial charge in [-0.25, -0.2) is 4.79 Å². The molecule has 0 heterocycles. The average Bonchev–Trinajstić information content (AvgIpc) is 2.67. The number of hydrogen-bond acceptors (Lipinski definition) is 6. The summed E-state index contributed by atoms with van der Waals surface area (Å²) in [5.41, 5.74) is 6.08. The van der Waals surface area contributed by atoms with Crippen LogP contribution < -0.4 is 16.4 Å². The van der Waals surface area contributed by atoms with Crippen molar-refractivity contribution in [1.29, 1.82) is 5.26 Å². The third kappa shape index (κ3) is 10.1. The molecule has 152 valence electrons. The summed E-state index contributed by atoms with van der Waals surface area (Å²) in [5.74, 6) is -1.24. The third-order valence-corrected chi connectivity index (χ3v) is 3.83. The van der Waals surface area contributed by atoms with Crippen LogP contribution in [0, 0.1) is 11.3 Å². The van der Waals surface area contributed by atoms with Crippen molar-refractivity contribution in [3.8, 4) is 6.07 Å². The Hall–Kier alpha value is -3.12. The molecule has 0 aliphatic carbocycles. The molecule has 0 saturated heterocycles. The average molecular weight is 390 g/mol. The molecule has 0 radical (unpaired) electrons. The van der Waals surface area contributed by atoms with Gasteiger partial charge in [-0.1, -0.05) is 30.3 Å². The second kappa shape index (κ2) is 13.1. The highest BCUT2D eigenvalue weighted by Crippen LogP contribution is 2.04. The first-order chi connectivity index (χ1) is 13.4. The Bertz CT molecular complexity index is 675. The highest BCUT2D eigenvalue weighted by molar-refractivity contribution is 5.86. The SMILES string of the molecule is N#CCCCC[C@@H](NC(=O)C[C@@H](O)CNC(=O)OCc1ccccc1)C(N)=O. The summed E-state index contributed by atoms with van der Waals surface area (Å²) in [4.78, 5) is 34.9. The number of ether oxygens (including phenoxy) is 1. The number of nitrogens with zero attached hydrogens (tertiary/aromatic N) is 1. The van der Waals surface area contributed by atoms with Crippen LogP contribution in [-0.2, 0) is 20.9 Å². The maximum absolute atomic E-state index is 11.9. The number of alkyl carbamates (subject to hydrolysis) is 1. The van der Waals surface area contributed by atoms with Crippen LogP contribution in [0.4, 0.5) is 4.79 Å². The van der Waals surface area contributed by atoms with E-state index in [2.05, 4.69) is 10.6 Å². The zero-order valence-corrected chi connectivity index (χ0v) is 15.6. The molecule has 1 aromatic rings. The number of primary amides is 1. The summed E-state index contributed by atoms with van der Waals surface area (Å²) in [6, 6.07) is 10.2. The lowest BCUT2D eigenvalue weighted by Gasteiger charge is -2.17. The van der Waals surface area contributed by atoms with Crippen molar-refractivity contribution in [2.75, 3.05) is 6.54 Å². The van der Waals surface area contributed by atoms with Gasteiger partial charge in [0.15, 0.2) is 0 Å². The summed E-state index contributed by atoms with van der Waals surface area (Å²) < 4.78 is 5.00. The van der Waals surface area contributed by atoms with Gasteiger partial charge < -0.3 is 26.2 Å². The first-order valence-electron chi connectivity index (χ1n) is 9.00. The van der Waals surface area contributed by atoms with Crippen molar-refractivity contribution in [2.24, 2.45) is 5.73 Å². The lowest BCUT2D eigenvalue weighted by molar-refractivity contribution is -0.128. The van der Waals surface area contributed by atoms with Gasteiger partial charge in [-0.15, -0.1) is 0 Å². The predicted octanol–water partition coefficient (Wildman–Crippen LogP) is 0.718. The van der Waals surface area contributed by atoms with Crippen LogP contribution in [0.2, 0.25) is 0 Å². The summed E-state index contributed by atoms with van der Waals surface area (Å²) in [6.45, 7) is -0.0835. The number of aliphatic hydroxyl groups excluding tert-OH is 1. The predicted molar refractivity (Wildman–Crippen MR) is 100 cm³/mol. The highest BCUT2D eigenvalue weighted by atomic mass is 16.5. The number of nitrogens with one attached hydrogen (secondary N) is 2. The standard InChI is InChI=1S/C19H26N4O5/c20-10-6-2-5-9-16(18(21)26)23-17(25)11-15(24)12-22-19(27)28-13-14-7-3-1-4-8-14/h1,3-4,7-8,15-16,24H,2,5-6,9,11-13H2,(H2,21,26)(H,22,27)(H,23,25)/t15-,16-/m1/s1. The zero-order chi connectivity index (χ0) is 20.8. The fraction of sp³-hybridized carbons (Fsp3) is 0.474. The summed E-state index contributed by atoms with van der Waals surface area (Å²) >= 11 is 0. The number of nitrogens with two attached hydrogens (primary N) is 1. The lowest BCUT2D eigenvalue weighted by Crippen LogP contribution is -2.46. The van der Waals surface area contributed by atoms with Crippen LogP contribution >= 0.6 is 0 Å². The molecule has 1 rings (SSSR count). The first kappa shape index (κ1) is 22.9. The van der Waals surface area contributed by atoms with Gasteiger partial charge in [0, 0.05) is 13.0 Å². The van der Waals surface area contributed by atoms with E-state index in [-0.39, 0.29) is 19.6 Å². The molecule has 0 unspecified atom stereocenters. The summed E-state index contributed by atoms with van der Waals surface area (Å²) in [6.07, 6.45) is -0.298. The molecule has 5 N–H and O–H groups in total. The van der Waals surface area contributed by atoms with E-state index in [9.17, 15) is 19.5 Å². The van der Waals surface area contributed by atoms with Gasteiger partial charge >= 0.3 is 6.09 Å². The normalized spacial score (nSPS) is 12.3. The smallest absolute Gasteiger partial charge is 0.407 e. The molecule has 2 atom stereocenters. The molecule has 0 aromatic heterocycles. The van der Waals surface area contributed by atoms with Crippen molar-refractivity contribution >= 4 is 17.9 Å². The minimum Gasteiger partial charge on any atom is -0.445 e. The van der Waals surface area contributed by atoms with E-state index >= 15 is 0 Å². The Kier molecular flexibility index (Phi) is 10.7. The molecule has 0 fully saturated rings. The van der Waals surface area contributed by atoms with Crippen molar-refractivity contribution in [3.05, 3.63) is 35.9 Å². The van der Waals surface area contributed by atoms with Gasteiger partial charge in [-0.2, -0.15) is 5.26 Å². The number of aliphatic hydroxyl groups is 1. The maximum Gasteiger partial charge on any atom is 0.407 e. The Balaban J connectivity index is 2.27. The Morgan fingerprint density at radius 3 is 2.57 bits per heavy atom. The van der Waals surface area contributed by atoms with Gasteiger partial charge in [-0.3, -0.25) is 9.59 Å². The number of benzene rings is 1. The van der Waals surface area contributed by atoms with Crippen LogP contribution in [0.3, 0.4) is 0 Å². The molecule has 0 spiro atoms. The second-order valence-corrected chi connectivity index (χ2v) is 6.23. The second-order valence-electron chi connectivity index (χ2n) is 6.23. The highest BCUT2D eigenvalue weighted by Gasteiger charge is 2.20. The van der Waals surface area contributed by atoms with Crippen molar-refractivity contribution < 1.29 is 24.2 Å². The number of unbranched alkanes of at least 4 members (excludes halogenated alkanes) is 2. The molecule has 0 aliphatic heterocycles. The van der Waals surface area contributed by atoms with Gasteiger partial charge in [0.1, 0.15) is 12.6 Å². The Morgan fingerprint density at radius 1 is 1.21 bits per heavy atom. The number of amides is 3. The van der Waals surface area contributed by atoms with Gasteiger partial charge in [0.25, 0.3) is 0 Å². The van der Waals surface area contributed by atoms with Crippen molar-refractivity contribution in [1.82, 2.24) is 10.6 Å². The fourth-order valence-corrected chi connectivity index (χ4v) is 2.35. The Labute approximate surface area is 163 Å². The van der Waals surface area contributed by atoms with Crippen LogP contribution in [0.5, 0.6) is 0 Å². The molecule has 3 amide bonds. The zero-order valence-electron chi connectivity index (χ0n) is 15.6. The number of nitriles is 1. The minimum atomic E-state index is -1.14. The monoisotopic (exact) mass is 390 g/mol. The van der Waals surface area contributed by atoms with Crippen LogP contribution in [-0.4, -0.2) is 41.7 Å². The number of carbonyl (C=O) groups is 3. The van der Waals surface area contributed by atoms with Crippen LogP contribution in [0.25, 0.3) is 0 Å². The number of carbonyl (C=O) groups excluding carboxylic acids is 3. The van der Waals surface area contributed by atoms with Gasteiger partial charge in [0.05, 0.1) is 18.6 Å². The van der Waals surface area contributed by atoms with E-state index in [1.807, 2.05) is 36.4 Å². The molecule has 28 heavy (non-hydrogen) atoms. The van der Waals surface area contributed by atoms with Crippen molar-refractivity contribution in [2.45, 2.75) is 50.9 Å². The van der Waals surface area contributed by atoms with E-state index in [1.54, 1.807) is 0 Å². The topological polar surface area (TPSA) is 155 Å². The molecular formula is C19H26N4O5. The largest absolute Gasteiger partial charge is 0.445 e. The van der Waals surface area contributed by atoms with Gasteiger partial charge in [-0.05, 0) is 24.8 Å². The molecule has 1 aromatic carbocycles. The van der Waals surface area contributed by atoms with Crippen LogP contribution in [0.15, 0.2) is 30.3 Å². The summed E-state index contributed by atoms with van der Waals surface area (Å²) in [7, 11) is 0. The Morgan fingerprint density at radius 2 is 1.93 bits per heavy atom. The lowest BCUT2D eigenvalue weighted by atomic mass is 10.1. The summed E-state index contributed by atoms with van der Waals surface area (Å²) in [5, 5.41) is 23.2. The maximum atomic E-state index is 11.9. The van der Waals surface area contributed by atoms with E-state index in [0.29, 0.717) is 25.7 Å². The molecule has 9 nitrogen and oxygen atoms in total.